The molecule has 0 bridgehead atoms. The van der Waals surface area contributed by atoms with Crippen LogP contribution in [0.15, 0.2) is 53.7 Å². The Kier molecular flexibility index (Phi) is 8.37. The number of ether oxygens (including phenoxy) is 1. The minimum absolute atomic E-state index is 0.123. The maximum Gasteiger partial charge on any atom is 0.273 e. The van der Waals surface area contributed by atoms with Crippen LogP contribution < -0.4 is 10.0 Å². The molecule has 0 aliphatic heterocycles. The fourth-order valence-corrected chi connectivity index (χ4v) is 4.64. The van der Waals surface area contributed by atoms with E-state index < -0.39 is 27.1 Å². The molecule has 3 aromatic heterocycles. The van der Waals surface area contributed by atoms with Crippen molar-refractivity contribution in [1.29, 1.82) is 0 Å². The van der Waals surface area contributed by atoms with Gasteiger partial charge >= 0.3 is 0 Å². The summed E-state index contributed by atoms with van der Waals surface area (Å²) in [5, 5.41) is 10.1. The minimum atomic E-state index is -4.07. The van der Waals surface area contributed by atoms with Gasteiger partial charge in [-0.15, -0.1) is 10.2 Å². The number of aromatic nitrogens is 5. The molecular formula is C22H25ClN8O4S. The summed E-state index contributed by atoms with van der Waals surface area (Å²) in [4.78, 5) is 25.0. The summed E-state index contributed by atoms with van der Waals surface area (Å²) in [5.74, 6) is -1.46. The van der Waals surface area contributed by atoms with Crippen molar-refractivity contribution < 1.29 is 17.9 Å². The molecule has 0 aromatic carbocycles. The number of rotatable bonds is 10. The summed E-state index contributed by atoms with van der Waals surface area (Å²) in [6, 6.07) is 6.64. The van der Waals surface area contributed by atoms with Crippen LogP contribution in [0.3, 0.4) is 0 Å². The standard InChI is InChI=1S/C22H25ClN8O4S/c1-13(17-9-8-16(23)12-27-17)14(2)36(33,34)30-22-29-28-19(15-7-6-10-26-11-15)31(22)18(20(32)24-3)21(25-4)35-5/h6-14H,4H2,1-3,5H3,(H,24,32)(H,29,30)/b21-18-/t13-,14-/m0/s1. The number of likely N-dealkylation sites (N-methyl/N-ethyl adjacent to an activating group) is 1. The number of nitrogens with zero attached hydrogens (tertiary/aromatic N) is 6. The van der Waals surface area contributed by atoms with E-state index in [9.17, 15) is 13.2 Å². The zero-order valence-electron chi connectivity index (χ0n) is 20.0. The van der Waals surface area contributed by atoms with Crippen LogP contribution in [0, 0.1) is 0 Å². The Morgan fingerprint density at radius 1 is 1.22 bits per heavy atom. The van der Waals surface area contributed by atoms with Crippen LogP contribution in [0.1, 0.15) is 25.5 Å². The fraction of sp³-hybridized carbons (Fsp3) is 0.273. The third-order valence-corrected chi connectivity index (χ3v) is 7.51. The molecule has 1 amide bonds. The fourth-order valence-electron chi connectivity index (χ4n) is 3.28. The number of anilines is 1. The average Bonchev–Trinajstić information content (AvgIpc) is 3.28. The SMILES string of the molecule is C=N/C(OC)=C(\C(=O)NC)n1c(NS(=O)(=O)[C@@H](C)[C@H](C)c2ccc(Cl)cn2)nnc1-c1cccnc1. The van der Waals surface area contributed by atoms with Crippen molar-refractivity contribution in [2.24, 2.45) is 4.99 Å². The number of hydrogen-bond acceptors (Lipinski definition) is 9. The summed E-state index contributed by atoms with van der Waals surface area (Å²) >= 11 is 5.91. The van der Waals surface area contributed by atoms with E-state index in [0.717, 1.165) is 0 Å². The molecule has 0 saturated heterocycles. The first-order valence-corrected chi connectivity index (χ1v) is 12.5. The molecule has 0 unspecified atom stereocenters. The van der Waals surface area contributed by atoms with Crippen LogP contribution in [0.4, 0.5) is 5.95 Å². The zero-order valence-corrected chi connectivity index (χ0v) is 21.6. The number of carbonyl (C=O) groups is 1. The second-order valence-corrected chi connectivity index (χ2v) is 10.0. The van der Waals surface area contributed by atoms with Crippen LogP contribution in [0.2, 0.25) is 5.02 Å². The minimum Gasteiger partial charge on any atom is -0.479 e. The Morgan fingerprint density at radius 3 is 2.53 bits per heavy atom. The first kappa shape index (κ1) is 26.8. The van der Waals surface area contributed by atoms with Gasteiger partial charge in [0.1, 0.15) is 0 Å². The van der Waals surface area contributed by atoms with Gasteiger partial charge in [-0.05, 0) is 37.9 Å². The lowest BCUT2D eigenvalue weighted by Crippen LogP contribution is -2.32. The molecule has 12 nitrogen and oxygen atoms in total. The zero-order chi connectivity index (χ0) is 26.5. The number of pyridine rings is 2. The largest absolute Gasteiger partial charge is 0.479 e. The molecule has 3 heterocycles. The normalized spacial score (nSPS) is 13.8. The van der Waals surface area contributed by atoms with Crippen molar-refractivity contribution in [3.05, 3.63) is 59.5 Å². The van der Waals surface area contributed by atoms with E-state index in [-0.39, 0.29) is 23.4 Å². The van der Waals surface area contributed by atoms with Gasteiger partial charge in [-0.25, -0.2) is 13.4 Å². The van der Waals surface area contributed by atoms with E-state index in [1.54, 1.807) is 37.4 Å². The van der Waals surface area contributed by atoms with Gasteiger partial charge in [0.15, 0.2) is 11.5 Å². The highest BCUT2D eigenvalue weighted by Crippen LogP contribution is 2.30. The Morgan fingerprint density at radius 2 is 1.97 bits per heavy atom. The molecule has 0 saturated carbocycles. The van der Waals surface area contributed by atoms with E-state index >= 15 is 0 Å². The van der Waals surface area contributed by atoms with Gasteiger partial charge in [0.2, 0.25) is 21.9 Å². The number of carbonyl (C=O) groups excluding carboxylic acids is 1. The highest BCUT2D eigenvalue weighted by atomic mass is 35.5. The van der Waals surface area contributed by atoms with Crippen molar-refractivity contribution in [3.8, 4) is 11.4 Å². The third kappa shape index (κ3) is 5.52. The van der Waals surface area contributed by atoms with E-state index in [0.29, 0.717) is 16.3 Å². The van der Waals surface area contributed by atoms with E-state index in [1.807, 2.05) is 0 Å². The molecule has 2 N–H and O–H groups in total. The lowest BCUT2D eigenvalue weighted by molar-refractivity contribution is -0.115. The van der Waals surface area contributed by atoms with E-state index in [4.69, 9.17) is 16.3 Å². The summed E-state index contributed by atoms with van der Waals surface area (Å²) in [6.07, 6.45) is 4.50. The van der Waals surface area contributed by atoms with Crippen LogP contribution in [-0.2, 0) is 19.6 Å². The van der Waals surface area contributed by atoms with E-state index in [2.05, 4.69) is 41.9 Å². The smallest absolute Gasteiger partial charge is 0.273 e. The molecule has 2 atom stereocenters. The number of amides is 1. The topological polar surface area (TPSA) is 153 Å². The van der Waals surface area contributed by atoms with Crippen molar-refractivity contribution in [1.82, 2.24) is 30.0 Å². The van der Waals surface area contributed by atoms with Crippen molar-refractivity contribution in [2.75, 3.05) is 18.9 Å². The molecule has 190 valence electrons. The highest BCUT2D eigenvalue weighted by molar-refractivity contribution is 7.93. The summed E-state index contributed by atoms with van der Waals surface area (Å²) in [7, 11) is -1.37. The molecule has 0 aliphatic rings. The molecule has 14 heteroatoms. The Bertz CT molecular complexity index is 1370. The number of halogens is 1. The van der Waals surface area contributed by atoms with Crippen molar-refractivity contribution in [3.63, 3.8) is 0 Å². The first-order chi connectivity index (χ1) is 17.1. The van der Waals surface area contributed by atoms with Crippen molar-refractivity contribution >= 4 is 45.9 Å². The predicted molar refractivity (Wildman–Crippen MR) is 137 cm³/mol. The summed E-state index contributed by atoms with van der Waals surface area (Å²) < 4.78 is 35.7. The number of aliphatic imine (C=N–C) groups is 1. The van der Waals surface area contributed by atoms with Crippen LogP contribution in [0.5, 0.6) is 0 Å². The lowest BCUT2D eigenvalue weighted by atomic mass is 10.0. The molecule has 0 radical (unpaired) electrons. The van der Waals surface area contributed by atoms with Crippen LogP contribution in [-0.4, -0.2) is 65.2 Å². The molecule has 3 rings (SSSR count). The van der Waals surface area contributed by atoms with E-state index in [1.165, 1.54) is 38.0 Å². The first-order valence-electron chi connectivity index (χ1n) is 10.6. The Hall–Kier alpha value is -3.84. The summed E-state index contributed by atoms with van der Waals surface area (Å²) in [5.41, 5.74) is 0.818. The summed E-state index contributed by atoms with van der Waals surface area (Å²) in [6.45, 7) is 6.71. The average molecular weight is 533 g/mol. The van der Waals surface area contributed by atoms with Crippen molar-refractivity contribution in [2.45, 2.75) is 25.0 Å². The highest BCUT2D eigenvalue weighted by Gasteiger charge is 2.33. The lowest BCUT2D eigenvalue weighted by Gasteiger charge is -2.21. The monoisotopic (exact) mass is 532 g/mol. The van der Waals surface area contributed by atoms with Crippen LogP contribution in [0.25, 0.3) is 17.1 Å². The molecule has 0 spiro atoms. The second kappa shape index (κ2) is 11.3. The molecule has 0 aliphatic carbocycles. The molecule has 36 heavy (non-hydrogen) atoms. The number of nitrogens with one attached hydrogen (secondary N) is 2. The maximum atomic E-state index is 13.4. The Balaban J connectivity index is 2.14. The molecule has 3 aromatic rings. The number of hydrogen-bond donors (Lipinski definition) is 2. The van der Waals surface area contributed by atoms with Gasteiger partial charge in [0.25, 0.3) is 5.91 Å². The molecule has 0 fully saturated rings. The maximum absolute atomic E-state index is 13.4. The third-order valence-electron chi connectivity index (χ3n) is 5.43. The number of methoxy groups -OCH3 is 1. The van der Waals surface area contributed by atoms with Gasteiger partial charge in [-0.3, -0.25) is 24.1 Å². The van der Waals surface area contributed by atoms with Gasteiger partial charge in [0, 0.05) is 42.8 Å². The van der Waals surface area contributed by atoms with Gasteiger partial charge < -0.3 is 10.1 Å². The number of sulfonamides is 1. The predicted octanol–water partition coefficient (Wildman–Crippen LogP) is 2.54. The Labute approximate surface area is 213 Å². The molecular weight excluding hydrogens is 508 g/mol. The van der Waals surface area contributed by atoms with Crippen LogP contribution >= 0.6 is 11.6 Å². The second-order valence-electron chi connectivity index (χ2n) is 7.56. The van der Waals surface area contributed by atoms with Gasteiger partial charge in [0.05, 0.1) is 17.4 Å². The van der Waals surface area contributed by atoms with Gasteiger partial charge in [-0.1, -0.05) is 18.5 Å². The quantitative estimate of drug-likeness (QED) is 0.229. The van der Waals surface area contributed by atoms with Gasteiger partial charge in [-0.2, -0.15) is 0 Å².